The van der Waals surface area contributed by atoms with Gasteiger partial charge in [-0.2, -0.15) is 0 Å². The van der Waals surface area contributed by atoms with Crippen LogP contribution in [-0.2, 0) is 19.4 Å². The maximum absolute atomic E-state index is 11.3. The van der Waals surface area contributed by atoms with Crippen molar-refractivity contribution in [3.05, 3.63) is 12.2 Å². The molecule has 2 heterocycles. The van der Waals surface area contributed by atoms with Crippen molar-refractivity contribution < 1.29 is 22.7 Å². The van der Waals surface area contributed by atoms with Crippen LogP contribution in [0.2, 0.25) is 0 Å². The van der Waals surface area contributed by atoms with Gasteiger partial charge in [0.2, 0.25) is 6.04 Å². The molecule has 7 heteroatoms. The third-order valence-electron chi connectivity index (χ3n) is 2.35. The Kier molecular flexibility index (Phi) is 2.26. The van der Waals surface area contributed by atoms with Crippen LogP contribution in [0, 0.1) is 0 Å². The Bertz CT molecular complexity index is 489. The van der Waals surface area contributed by atoms with Gasteiger partial charge in [0.1, 0.15) is 5.75 Å². The van der Waals surface area contributed by atoms with Crippen molar-refractivity contribution in [2.75, 3.05) is 11.5 Å². The Balaban J connectivity index is 2.26. The molecular weight excluding hydrogens is 220 g/mol. The van der Waals surface area contributed by atoms with Crippen LogP contribution < -0.4 is 0 Å². The van der Waals surface area contributed by atoms with E-state index in [2.05, 4.69) is 5.11 Å². The zero-order valence-electron chi connectivity index (χ0n) is 7.79. The number of amides is 2. The van der Waals surface area contributed by atoms with Crippen molar-refractivity contribution in [1.29, 1.82) is 0 Å². The molecule has 0 N–H and O–H groups in total. The number of carbonyl (C=O) groups is 2. The van der Waals surface area contributed by atoms with Crippen molar-refractivity contribution >= 4 is 21.7 Å². The van der Waals surface area contributed by atoms with Crippen molar-refractivity contribution in [3.63, 3.8) is 0 Å². The number of rotatable bonds is 1. The van der Waals surface area contributed by atoms with E-state index < -0.39 is 27.7 Å². The Hall–Kier alpha value is -1.37. The summed E-state index contributed by atoms with van der Waals surface area (Å²) < 4.78 is 23.4. The number of hydrogen-bond donors (Lipinski definition) is 0. The highest BCUT2D eigenvalue weighted by Crippen LogP contribution is 2.16. The Morgan fingerprint density at radius 1 is 1.33 bits per heavy atom. The van der Waals surface area contributed by atoms with Gasteiger partial charge in [0.25, 0.3) is 0 Å². The maximum Gasteiger partial charge on any atom is 0.437 e. The van der Waals surface area contributed by atoms with E-state index in [9.17, 15) is 18.0 Å². The molecule has 0 spiro atoms. The highest BCUT2D eigenvalue weighted by molar-refractivity contribution is 7.91. The minimum atomic E-state index is -3.07. The minimum Gasteiger partial charge on any atom is -0.261 e. The topological polar surface area (TPSA) is 83.6 Å². The molecule has 2 aliphatic heterocycles. The van der Waals surface area contributed by atoms with Crippen LogP contribution in [0.1, 0.15) is 6.42 Å². The fourth-order valence-corrected chi connectivity index (χ4v) is 3.33. The maximum atomic E-state index is 11.3. The molecule has 2 rings (SSSR count). The van der Waals surface area contributed by atoms with Crippen LogP contribution in [0.4, 0.5) is 0 Å². The van der Waals surface area contributed by atoms with Crippen LogP contribution in [0.5, 0.6) is 0 Å². The zero-order chi connectivity index (χ0) is 11.1. The lowest BCUT2D eigenvalue weighted by atomic mass is 10.2. The van der Waals surface area contributed by atoms with E-state index in [1.807, 2.05) is 0 Å². The van der Waals surface area contributed by atoms with Gasteiger partial charge in [-0.05, 0) is 4.70 Å². The number of nitrogens with zero attached hydrogens (tertiary/aromatic N) is 2. The fourth-order valence-electron chi connectivity index (χ4n) is 1.64. The standard InChI is InChI=1S/C8H9N2O4S/c11-7-1-2-8(12)10(9-7)6-3-4-15(13,14)5-6/h1-2,6H,3-5H2/q+1. The smallest absolute Gasteiger partial charge is 0.261 e. The van der Waals surface area contributed by atoms with Gasteiger partial charge in [-0.1, -0.05) is 0 Å². The first-order chi connectivity index (χ1) is 6.98. The van der Waals surface area contributed by atoms with Crippen LogP contribution >= 0.6 is 0 Å². The summed E-state index contributed by atoms with van der Waals surface area (Å²) in [5, 5.41) is 3.50. The predicted molar refractivity (Wildman–Crippen MR) is 48.9 cm³/mol. The minimum absolute atomic E-state index is 0.0505. The molecule has 1 fully saturated rings. The molecule has 0 aromatic rings. The van der Waals surface area contributed by atoms with E-state index >= 15 is 0 Å². The first-order valence-corrected chi connectivity index (χ1v) is 6.27. The summed E-state index contributed by atoms with van der Waals surface area (Å²) in [7, 11) is -3.07. The van der Waals surface area contributed by atoms with E-state index in [1.165, 1.54) is 0 Å². The van der Waals surface area contributed by atoms with Crippen LogP contribution in [0.3, 0.4) is 0 Å². The summed E-state index contributed by atoms with van der Waals surface area (Å²) >= 11 is 0. The van der Waals surface area contributed by atoms with Crippen LogP contribution in [0.15, 0.2) is 17.3 Å². The molecule has 1 saturated heterocycles. The molecule has 0 aromatic heterocycles. The average Bonchev–Trinajstić information content (AvgIpc) is 2.50. The fraction of sp³-hybridized carbons (Fsp3) is 0.500. The van der Waals surface area contributed by atoms with Crippen molar-refractivity contribution in [1.82, 2.24) is 0 Å². The van der Waals surface area contributed by atoms with Gasteiger partial charge in [0.15, 0.2) is 9.84 Å². The van der Waals surface area contributed by atoms with E-state index in [0.717, 1.165) is 16.8 Å². The normalized spacial score (nSPS) is 29.3. The third-order valence-corrected chi connectivity index (χ3v) is 4.11. The molecule has 1 unspecified atom stereocenters. The summed E-state index contributed by atoms with van der Waals surface area (Å²) in [6.07, 6.45) is 2.53. The van der Waals surface area contributed by atoms with Crippen LogP contribution in [0.25, 0.3) is 0 Å². The summed E-state index contributed by atoms with van der Waals surface area (Å²) in [6.45, 7) is 0. The highest BCUT2D eigenvalue weighted by atomic mass is 32.2. The summed E-state index contributed by atoms with van der Waals surface area (Å²) in [5.41, 5.74) is 0. The summed E-state index contributed by atoms with van der Waals surface area (Å²) in [4.78, 5) is 22.3. The zero-order valence-corrected chi connectivity index (χ0v) is 8.61. The predicted octanol–water partition coefficient (Wildman–Crippen LogP) is -0.739. The first-order valence-electron chi connectivity index (χ1n) is 4.45. The molecular formula is C8H9N2O4S+. The number of hydrogen-bond acceptors (Lipinski definition) is 4. The largest absolute Gasteiger partial charge is 0.437 e. The molecule has 0 saturated carbocycles. The summed E-state index contributed by atoms with van der Waals surface area (Å²) in [5.74, 6) is -1.02. The van der Waals surface area contributed by atoms with Crippen molar-refractivity contribution in [2.45, 2.75) is 12.5 Å². The van der Waals surface area contributed by atoms with Gasteiger partial charge in [0, 0.05) is 17.6 Å². The second kappa shape index (κ2) is 3.34. The molecule has 0 radical (unpaired) electrons. The van der Waals surface area contributed by atoms with Crippen LogP contribution in [-0.4, -0.2) is 42.5 Å². The average molecular weight is 229 g/mol. The molecule has 1 atom stereocenters. The van der Waals surface area contributed by atoms with Crippen molar-refractivity contribution in [2.24, 2.45) is 5.11 Å². The molecule has 0 aliphatic carbocycles. The Morgan fingerprint density at radius 2 is 2.07 bits per heavy atom. The third kappa shape index (κ3) is 2.01. The quantitative estimate of drug-likeness (QED) is 0.554. The molecule has 0 aromatic carbocycles. The molecule has 2 amide bonds. The second-order valence-electron chi connectivity index (χ2n) is 3.51. The Labute approximate surface area is 86.2 Å². The number of azo groups is 2. The Morgan fingerprint density at radius 3 is 2.67 bits per heavy atom. The monoisotopic (exact) mass is 229 g/mol. The van der Waals surface area contributed by atoms with Gasteiger partial charge in [0.05, 0.1) is 11.8 Å². The molecule has 0 bridgehead atoms. The number of sulfone groups is 1. The van der Waals surface area contributed by atoms with E-state index in [-0.39, 0.29) is 11.5 Å². The summed E-state index contributed by atoms with van der Waals surface area (Å²) in [6, 6.07) is -0.489. The highest BCUT2D eigenvalue weighted by Gasteiger charge is 2.41. The molecule has 80 valence electrons. The molecule has 6 nitrogen and oxygen atoms in total. The van der Waals surface area contributed by atoms with Crippen molar-refractivity contribution in [3.8, 4) is 0 Å². The van der Waals surface area contributed by atoms with E-state index in [4.69, 9.17) is 0 Å². The lowest BCUT2D eigenvalue weighted by molar-refractivity contribution is -0.537. The van der Waals surface area contributed by atoms with E-state index in [0.29, 0.717) is 6.42 Å². The lowest BCUT2D eigenvalue weighted by Gasteiger charge is -2.02. The lowest BCUT2D eigenvalue weighted by Crippen LogP contribution is -2.33. The van der Waals surface area contributed by atoms with Gasteiger partial charge < -0.3 is 0 Å². The molecule has 2 aliphatic rings. The van der Waals surface area contributed by atoms with E-state index in [1.54, 1.807) is 0 Å². The second-order valence-corrected chi connectivity index (χ2v) is 5.74. The van der Waals surface area contributed by atoms with Gasteiger partial charge in [-0.3, -0.25) is 4.79 Å². The van der Waals surface area contributed by atoms with Gasteiger partial charge >= 0.3 is 11.8 Å². The SMILES string of the molecule is O=C1C=CC(=O)[N+](C2CCS(=O)(=O)C2)=N1. The first kappa shape index (κ1) is 10.2. The number of carbonyl (C=O) groups excluding carboxylic acids is 2. The van der Waals surface area contributed by atoms with Gasteiger partial charge in [-0.15, -0.1) is 0 Å². The molecule has 15 heavy (non-hydrogen) atoms. The van der Waals surface area contributed by atoms with Gasteiger partial charge in [-0.25, -0.2) is 13.2 Å².